The van der Waals surface area contributed by atoms with Crippen molar-refractivity contribution in [3.05, 3.63) is 65.7 Å². The van der Waals surface area contributed by atoms with Crippen molar-refractivity contribution in [2.45, 2.75) is 13.5 Å². The van der Waals surface area contributed by atoms with E-state index in [1.807, 2.05) is 37.3 Å². The molecule has 1 aromatic carbocycles. The molecule has 0 N–H and O–H groups in total. The van der Waals surface area contributed by atoms with Crippen molar-refractivity contribution < 1.29 is 9.53 Å². The maximum atomic E-state index is 13.4. The Hall–Kier alpha value is -3.26. The Labute approximate surface area is 166 Å². The van der Waals surface area contributed by atoms with Gasteiger partial charge in [0.15, 0.2) is 5.13 Å². The number of aromatic nitrogens is 4. The summed E-state index contributed by atoms with van der Waals surface area (Å²) in [7, 11) is 3.40. The molecule has 7 nitrogen and oxygen atoms in total. The summed E-state index contributed by atoms with van der Waals surface area (Å²) in [4.78, 5) is 24.0. The van der Waals surface area contributed by atoms with Crippen LogP contribution in [0.25, 0.3) is 10.2 Å². The molecule has 0 saturated heterocycles. The molecular weight excluding hydrogens is 374 g/mol. The first-order valence-electron chi connectivity index (χ1n) is 8.71. The van der Waals surface area contributed by atoms with Gasteiger partial charge in [-0.1, -0.05) is 17.4 Å². The summed E-state index contributed by atoms with van der Waals surface area (Å²) in [6.45, 7) is 2.25. The Balaban J connectivity index is 1.79. The van der Waals surface area contributed by atoms with Gasteiger partial charge in [0.05, 0.1) is 30.1 Å². The van der Waals surface area contributed by atoms with Crippen LogP contribution in [0.4, 0.5) is 5.13 Å². The Morgan fingerprint density at radius 2 is 2.14 bits per heavy atom. The minimum absolute atomic E-state index is 0.146. The molecule has 0 aliphatic heterocycles. The zero-order valence-electron chi connectivity index (χ0n) is 15.8. The third kappa shape index (κ3) is 3.34. The first-order chi connectivity index (χ1) is 13.6. The average molecular weight is 393 g/mol. The number of thiazole rings is 1. The van der Waals surface area contributed by atoms with E-state index in [2.05, 4.69) is 10.1 Å². The summed E-state index contributed by atoms with van der Waals surface area (Å²) >= 11 is 1.46. The van der Waals surface area contributed by atoms with E-state index in [1.54, 1.807) is 42.3 Å². The first kappa shape index (κ1) is 18.1. The average Bonchev–Trinajstić information content (AvgIpc) is 3.28. The maximum Gasteiger partial charge on any atom is 0.278 e. The number of anilines is 1. The predicted molar refractivity (Wildman–Crippen MR) is 109 cm³/mol. The third-order valence-electron chi connectivity index (χ3n) is 4.45. The predicted octanol–water partition coefficient (Wildman–Crippen LogP) is 3.59. The van der Waals surface area contributed by atoms with Gasteiger partial charge in [-0.05, 0) is 42.3 Å². The maximum absolute atomic E-state index is 13.4. The second-order valence-electron chi connectivity index (χ2n) is 6.38. The molecule has 28 heavy (non-hydrogen) atoms. The molecule has 4 rings (SSSR count). The number of benzene rings is 1. The zero-order valence-corrected chi connectivity index (χ0v) is 16.6. The Bertz CT molecular complexity index is 1120. The van der Waals surface area contributed by atoms with Gasteiger partial charge in [-0.25, -0.2) is 4.98 Å². The van der Waals surface area contributed by atoms with Crippen molar-refractivity contribution in [1.29, 1.82) is 0 Å². The van der Waals surface area contributed by atoms with E-state index in [9.17, 15) is 4.79 Å². The topological polar surface area (TPSA) is 73.1 Å². The zero-order chi connectivity index (χ0) is 19.7. The normalized spacial score (nSPS) is 11.0. The lowest BCUT2D eigenvalue weighted by Gasteiger charge is -2.20. The SMILES string of the molecule is COc1ccc2nc(N(Cc3cccnc3)C(=O)c3c(C)cnn3C)sc2c1. The third-order valence-corrected chi connectivity index (χ3v) is 5.49. The quantitative estimate of drug-likeness (QED) is 0.518. The molecule has 1 amide bonds. The lowest BCUT2D eigenvalue weighted by Crippen LogP contribution is -2.32. The van der Waals surface area contributed by atoms with Crippen molar-refractivity contribution >= 4 is 32.6 Å². The molecule has 3 aromatic heterocycles. The van der Waals surface area contributed by atoms with Gasteiger partial charge in [0.2, 0.25) is 0 Å². The molecule has 0 unspecified atom stereocenters. The van der Waals surface area contributed by atoms with E-state index in [1.165, 1.54) is 11.3 Å². The van der Waals surface area contributed by atoms with Crippen molar-refractivity contribution in [2.75, 3.05) is 12.0 Å². The van der Waals surface area contributed by atoms with Gasteiger partial charge in [-0.3, -0.25) is 19.4 Å². The number of nitrogens with zero attached hydrogens (tertiary/aromatic N) is 5. The van der Waals surface area contributed by atoms with Gasteiger partial charge in [0.25, 0.3) is 5.91 Å². The lowest BCUT2D eigenvalue weighted by atomic mass is 10.2. The van der Waals surface area contributed by atoms with Crippen molar-refractivity contribution in [1.82, 2.24) is 19.7 Å². The molecule has 0 saturated carbocycles. The number of carbonyl (C=O) groups is 1. The number of carbonyl (C=O) groups excluding carboxylic acids is 1. The lowest BCUT2D eigenvalue weighted by molar-refractivity contribution is 0.0975. The van der Waals surface area contributed by atoms with E-state index in [-0.39, 0.29) is 5.91 Å². The number of hydrogen-bond acceptors (Lipinski definition) is 6. The summed E-state index contributed by atoms with van der Waals surface area (Å²) < 4.78 is 7.86. The molecule has 0 aliphatic rings. The fraction of sp³-hybridized carbons (Fsp3) is 0.200. The fourth-order valence-electron chi connectivity index (χ4n) is 3.02. The number of hydrogen-bond donors (Lipinski definition) is 0. The summed E-state index contributed by atoms with van der Waals surface area (Å²) in [5.74, 6) is 0.614. The molecule has 3 heterocycles. The van der Waals surface area contributed by atoms with Crippen LogP contribution in [0.5, 0.6) is 5.75 Å². The summed E-state index contributed by atoms with van der Waals surface area (Å²) in [5.41, 5.74) is 3.12. The van der Waals surface area contributed by atoms with Crippen molar-refractivity contribution in [3.63, 3.8) is 0 Å². The number of ether oxygens (including phenoxy) is 1. The summed E-state index contributed by atoms with van der Waals surface area (Å²) in [6, 6.07) is 9.50. The molecule has 0 spiro atoms. The minimum Gasteiger partial charge on any atom is -0.497 e. The van der Waals surface area contributed by atoms with Crippen LogP contribution in [-0.2, 0) is 13.6 Å². The Morgan fingerprint density at radius 1 is 1.29 bits per heavy atom. The number of pyridine rings is 1. The van der Waals surface area contributed by atoms with Gasteiger partial charge in [-0.2, -0.15) is 5.10 Å². The van der Waals surface area contributed by atoms with Gasteiger partial charge < -0.3 is 4.74 Å². The van der Waals surface area contributed by atoms with Gasteiger partial charge in [-0.15, -0.1) is 0 Å². The van der Waals surface area contributed by atoms with E-state index >= 15 is 0 Å². The molecule has 142 valence electrons. The number of rotatable bonds is 5. The first-order valence-corrected chi connectivity index (χ1v) is 9.52. The molecular formula is C20H19N5O2S. The molecule has 0 aliphatic carbocycles. The molecule has 0 atom stereocenters. The van der Waals surface area contributed by atoms with E-state index < -0.39 is 0 Å². The van der Waals surface area contributed by atoms with Crippen LogP contribution in [0.3, 0.4) is 0 Å². The van der Waals surface area contributed by atoms with Crippen molar-refractivity contribution in [3.8, 4) is 5.75 Å². The monoisotopic (exact) mass is 393 g/mol. The van der Waals surface area contributed by atoms with Crippen LogP contribution >= 0.6 is 11.3 Å². The number of methoxy groups -OCH3 is 1. The van der Waals surface area contributed by atoms with Crippen LogP contribution in [0.15, 0.2) is 48.9 Å². The Morgan fingerprint density at radius 3 is 2.82 bits per heavy atom. The fourth-order valence-corrected chi connectivity index (χ4v) is 4.01. The molecule has 0 fully saturated rings. The number of amides is 1. The number of fused-ring (bicyclic) bond motifs is 1. The van der Waals surface area contributed by atoms with Crippen LogP contribution in [0.2, 0.25) is 0 Å². The summed E-state index contributed by atoms with van der Waals surface area (Å²) in [6.07, 6.45) is 5.16. The highest BCUT2D eigenvalue weighted by Crippen LogP contribution is 2.33. The highest BCUT2D eigenvalue weighted by Gasteiger charge is 2.25. The summed E-state index contributed by atoms with van der Waals surface area (Å²) in [5, 5.41) is 4.83. The molecule has 4 aromatic rings. The second-order valence-corrected chi connectivity index (χ2v) is 7.39. The van der Waals surface area contributed by atoms with Gasteiger partial charge in [0, 0.05) is 19.4 Å². The largest absolute Gasteiger partial charge is 0.497 e. The van der Waals surface area contributed by atoms with Crippen LogP contribution in [-0.4, -0.2) is 32.8 Å². The highest BCUT2D eigenvalue weighted by atomic mass is 32.1. The minimum atomic E-state index is -0.146. The molecule has 8 heteroatoms. The smallest absolute Gasteiger partial charge is 0.278 e. The Kier molecular flexibility index (Phi) is 4.79. The van der Waals surface area contributed by atoms with Crippen LogP contribution in [0, 0.1) is 6.92 Å². The second kappa shape index (κ2) is 7.40. The van der Waals surface area contributed by atoms with E-state index in [0.717, 1.165) is 27.1 Å². The van der Waals surface area contributed by atoms with Gasteiger partial charge in [0.1, 0.15) is 11.4 Å². The molecule has 0 bridgehead atoms. The standard InChI is InChI=1S/C20H19N5O2S/c1-13-10-22-24(2)18(13)19(26)25(12-14-5-4-8-21-11-14)20-23-16-7-6-15(27-3)9-17(16)28-20/h4-11H,12H2,1-3H3. The number of aryl methyl sites for hydroxylation is 2. The van der Waals surface area contributed by atoms with E-state index in [4.69, 9.17) is 9.72 Å². The van der Waals surface area contributed by atoms with Crippen LogP contribution in [0.1, 0.15) is 21.6 Å². The highest BCUT2D eigenvalue weighted by molar-refractivity contribution is 7.22. The van der Waals surface area contributed by atoms with Crippen molar-refractivity contribution in [2.24, 2.45) is 7.05 Å². The molecule has 0 radical (unpaired) electrons. The van der Waals surface area contributed by atoms with Gasteiger partial charge >= 0.3 is 0 Å². The van der Waals surface area contributed by atoms with E-state index in [0.29, 0.717) is 17.4 Å². The van der Waals surface area contributed by atoms with Crippen LogP contribution < -0.4 is 9.64 Å².